The molecule has 2 rings (SSSR count). The molecule has 1 heterocycles. The van der Waals surface area contributed by atoms with Gasteiger partial charge in [-0.25, -0.2) is 8.42 Å². The molecule has 6 heteroatoms. The van der Waals surface area contributed by atoms with Crippen LogP contribution in [0.4, 0.5) is 5.69 Å². The summed E-state index contributed by atoms with van der Waals surface area (Å²) in [5.74, 6) is 0. The first-order chi connectivity index (χ1) is 9.36. The second kappa shape index (κ2) is 6.11. The molecule has 1 atom stereocenters. The van der Waals surface area contributed by atoms with Gasteiger partial charge in [-0.3, -0.25) is 4.90 Å². The summed E-state index contributed by atoms with van der Waals surface area (Å²) in [4.78, 5) is 4.84. The quantitative estimate of drug-likeness (QED) is 0.882. The van der Waals surface area contributed by atoms with Crippen molar-refractivity contribution in [1.82, 2.24) is 4.90 Å². The van der Waals surface area contributed by atoms with Gasteiger partial charge in [-0.15, -0.1) is 0 Å². The van der Waals surface area contributed by atoms with Gasteiger partial charge in [-0.1, -0.05) is 0 Å². The van der Waals surface area contributed by atoms with Crippen molar-refractivity contribution in [3.05, 3.63) is 24.3 Å². The number of rotatable bonds is 4. The fraction of sp³-hybridized carbons (Fsp3) is 0.571. The molecule has 1 fully saturated rings. The predicted molar refractivity (Wildman–Crippen MR) is 79.9 cm³/mol. The molecule has 0 unspecified atom stereocenters. The summed E-state index contributed by atoms with van der Waals surface area (Å²) in [6.45, 7) is 6.13. The number of hydrogen-bond donors (Lipinski definition) is 1. The number of piperazine rings is 1. The number of anilines is 1. The van der Waals surface area contributed by atoms with Gasteiger partial charge < -0.3 is 10.0 Å². The monoisotopic (exact) mass is 298 g/mol. The Balaban J connectivity index is 1.97. The minimum atomic E-state index is -3.13. The first-order valence-electron chi connectivity index (χ1n) is 6.82. The van der Waals surface area contributed by atoms with E-state index in [4.69, 9.17) is 0 Å². The molecule has 0 aromatic heterocycles. The standard InChI is InChI=1S/C14H22N2O3S/c1-12(17)11-15-7-9-16(10-8-15)13-3-5-14(6-4-13)20(2,18)19/h3-6,12,17H,7-11H2,1-2H3/t12-/m1/s1. The summed E-state index contributed by atoms with van der Waals surface area (Å²) in [7, 11) is -3.13. The second-order valence-corrected chi connectivity index (χ2v) is 7.42. The van der Waals surface area contributed by atoms with Crippen LogP contribution in [0.2, 0.25) is 0 Å². The first-order valence-corrected chi connectivity index (χ1v) is 8.71. The topological polar surface area (TPSA) is 60.9 Å². The van der Waals surface area contributed by atoms with Crippen LogP contribution in [-0.2, 0) is 9.84 Å². The Morgan fingerprint density at radius 3 is 2.15 bits per heavy atom. The van der Waals surface area contributed by atoms with Gasteiger partial charge in [0.15, 0.2) is 9.84 Å². The lowest BCUT2D eigenvalue weighted by Crippen LogP contribution is -2.48. The zero-order valence-corrected chi connectivity index (χ0v) is 12.8. The van der Waals surface area contributed by atoms with E-state index in [1.807, 2.05) is 12.1 Å². The first kappa shape index (κ1) is 15.3. The normalized spacial score (nSPS) is 19.1. The average molecular weight is 298 g/mol. The fourth-order valence-corrected chi connectivity index (χ4v) is 3.10. The van der Waals surface area contributed by atoms with E-state index in [2.05, 4.69) is 9.80 Å². The van der Waals surface area contributed by atoms with Crippen LogP contribution in [0.3, 0.4) is 0 Å². The number of hydrogen-bond acceptors (Lipinski definition) is 5. The van der Waals surface area contributed by atoms with Crippen LogP contribution in [0, 0.1) is 0 Å². The van der Waals surface area contributed by atoms with E-state index in [1.165, 1.54) is 6.26 Å². The highest BCUT2D eigenvalue weighted by Gasteiger charge is 2.18. The number of aliphatic hydroxyl groups is 1. The molecular weight excluding hydrogens is 276 g/mol. The minimum absolute atomic E-state index is 0.296. The molecule has 1 aromatic rings. The summed E-state index contributed by atoms with van der Waals surface area (Å²) in [5, 5.41) is 9.38. The molecule has 0 bridgehead atoms. The van der Waals surface area contributed by atoms with Crippen molar-refractivity contribution >= 4 is 15.5 Å². The molecule has 0 radical (unpaired) electrons. The van der Waals surface area contributed by atoms with Crippen molar-refractivity contribution < 1.29 is 13.5 Å². The minimum Gasteiger partial charge on any atom is -0.392 e. The Morgan fingerprint density at radius 2 is 1.70 bits per heavy atom. The SMILES string of the molecule is C[C@@H](O)CN1CCN(c2ccc(S(C)(=O)=O)cc2)CC1. The second-order valence-electron chi connectivity index (χ2n) is 5.40. The van der Waals surface area contributed by atoms with Crippen molar-refractivity contribution in [2.75, 3.05) is 43.9 Å². The maximum absolute atomic E-state index is 11.4. The molecule has 1 saturated heterocycles. The molecule has 0 amide bonds. The number of β-amino-alcohol motifs (C(OH)–C–C–N with tert-alkyl or cyclic N) is 1. The van der Waals surface area contributed by atoms with E-state index >= 15 is 0 Å². The highest BCUT2D eigenvalue weighted by molar-refractivity contribution is 7.90. The summed E-state index contributed by atoms with van der Waals surface area (Å²) >= 11 is 0. The van der Waals surface area contributed by atoms with Crippen molar-refractivity contribution in [2.24, 2.45) is 0 Å². The number of benzene rings is 1. The Bertz CT molecular complexity index is 532. The zero-order valence-electron chi connectivity index (χ0n) is 12.0. The van der Waals surface area contributed by atoms with Gasteiger partial charge in [0.25, 0.3) is 0 Å². The maximum Gasteiger partial charge on any atom is 0.175 e. The molecule has 1 aliphatic heterocycles. The van der Waals surface area contributed by atoms with Crippen LogP contribution in [0.1, 0.15) is 6.92 Å². The van der Waals surface area contributed by atoms with Crippen LogP contribution in [0.5, 0.6) is 0 Å². The van der Waals surface area contributed by atoms with Gasteiger partial charge >= 0.3 is 0 Å². The van der Waals surface area contributed by atoms with Crippen molar-refractivity contribution in [2.45, 2.75) is 17.9 Å². The number of sulfone groups is 1. The van der Waals surface area contributed by atoms with E-state index in [-0.39, 0.29) is 6.10 Å². The van der Waals surface area contributed by atoms with E-state index < -0.39 is 9.84 Å². The third-order valence-electron chi connectivity index (χ3n) is 3.52. The molecule has 0 spiro atoms. The molecule has 5 nitrogen and oxygen atoms in total. The highest BCUT2D eigenvalue weighted by atomic mass is 32.2. The summed E-state index contributed by atoms with van der Waals surface area (Å²) in [6, 6.07) is 7.04. The Morgan fingerprint density at radius 1 is 1.15 bits per heavy atom. The molecule has 1 aromatic carbocycles. The fourth-order valence-electron chi connectivity index (χ4n) is 2.47. The van der Waals surface area contributed by atoms with Crippen LogP contribution >= 0.6 is 0 Å². The van der Waals surface area contributed by atoms with Gasteiger partial charge in [0, 0.05) is 44.7 Å². The van der Waals surface area contributed by atoms with Crippen molar-refractivity contribution in [3.8, 4) is 0 Å². The Hall–Kier alpha value is -1.11. The van der Waals surface area contributed by atoms with Gasteiger partial charge in [0.05, 0.1) is 11.0 Å². The lowest BCUT2D eigenvalue weighted by Gasteiger charge is -2.36. The number of nitrogens with zero attached hydrogens (tertiary/aromatic N) is 2. The maximum atomic E-state index is 11.4. The van der Waals surface area contributed by atoms with E-state index in [1.54, 1.807) is 19.1 Å². The highest BCUT2D eigenvalue weighted by Crippen LogP contribution is 2.19. The largest absolute Gasteiger partial charge is 0.392 e. The van der Waals surface area contributed by atoms with Crippen LogP contribution in [0.25, 0.3) is 0 Å². The Kier molecular flexibility index (Phi) is 4.67. The van der Waals surface area contributed by atoms with Crippen LogP contribution < -0.4 is 4.90 Å². The summed E-state index contributed by atoms with van der Waals surface area (Å²) in [5.41, 5.74) is 1.05. The van der Waals surface area contributed by atoms with Gasteiger partial charge in [-0.05, 0) is 31.2 Å². The lowest BCUT2D eigenvalue weighted by atomic mass is 10.2. The average Bonchev–Trinajstić information content (AvgIpc) is 2.38. The van der Waals surface area contributed by atoms with Gasteiger partial charge in [0.1, 0.15) is 0 Å². The lowest BCUT2D eigenvalue weighted by molar-refractivity contribution is 0.123. The molecule has 1 aliphatic rings. The summed E-state index contributed by atoms with van der Waals surface area (Å²) in [6.07, 6.45) is 0.923. The van der Waals surface area contributed by atoms with Crippen LogP contribution in [-0.4, -0.2) is 63.5 Å². The van der Waals surface area contributed by atoms with E-state index in [9.17, 15) is 13.5 Å². The molecule has 20 heavy (non-hydrogen) atoms. The van der Waals surface area contributed by atoms with E-state index in [0.29, 0.717) is 11.4 Å². The van der Waals surface area contributed by atoms with Crippen molar-refractivity contribution in [1.29, 1.82) is 0 Å². The molecule has 1 N–H and O–H groups in total. The van der Waals surface area contributed by atoms with Gasteiger partial charge in [0.2, 0.25) is 0 Å². The van der Waals surface area contributed by atoms with Crippen molar-refractivity contribution in [3.63, 3.8) is 0 Å². The molecular formula is C14H22N2O3S. The van der Waals surface area contributed by atoms with Crippen LogP contribution in [0.15, 0.2) is 29.2 Å². The molecule has 0 aliphatic carbocycles. The zero-order chi connectivity index (χ0) is 14.8. The van der Waals surface area contributed by atoms with E-state index in [0.717, 1.165) is 31.9 Å². The predicted octanol–water partition coefficient (Wildman–Crippen LogP) is 0.593. The van der Waals surface area contributed by atoms with Gasteiger partial charge in [-0.2, -0.15) is 0 Å². The smallest absolute Gasteiger partial charge is 0.175 e. The third-order valence-corrected chi connectivity index (χ3v) is 4.65. The third kappa shape index (κ3) is 3.94. The molecule has 0 saturated carbocycles. The summed E-state index contributed by atoms with van der Waals surface area (Å²) < 4.78 is 22.8. The molecule has 112 valence electrons. The Labute approximate surface area is 120 Å². The number of aliphatic hydroxyl groups excluding tert-OH is 1.